The molecule has 29 heavy (non-hydrogen) atoms. The first-order valence-corrected chi connectivity index (χ1v) is 9.18. The van der Waals surface area contributed by atoms with Crippen molar-refractivity contribution in [3.8, 4) is 5.75 Å². The molecule has 0 saturated carbocycles. The minimum atomic E-state index is -0.510. The van der Waals surface area contributed by atoms with Crippen LogP contribution in [0.3, 0.4) is 0 Å². The Morgan fingerprint density at radius 3 is 2.41 bits per heavy atom. The molecular weight excluding hydrogens is 392 g/mol. The van der Waals surface area contributed by atoms with Crippen LogP contribution >= 0.6 is 11.6 Å². The van der Waals surface area contributed by atoms with Gasteiger partial charge in [-0.2, -0.15) is 0 Å². The number of rotatable bonds is 7. The Balaban J connectivity index is 1.57. The normalized spacial score (nSPS) is 10.2. The number of amides is 1. The molecule has 0 radical (unpaired) electrons. The van der Waals surface area contributed by atoms with Gasteiger partial charge in [-0.15, -0.1) is 0 Å². The molecule has 0 aromatic heterocycles. The monoisotopic (exact) mass is 410 g/mol. The number of nitrogen functional groups attached to an aromatic ring is 1. The molecule has 0 saturated heterocycles. The highest BCUT2D eigenvalue weighted by Gasteiger charge is 2.12. The topological polar surface area (TPSA) is 90.7 Å². The number of halogens is 1. The Kier molecular flexibility index (Phi) is 6.71. The molecule has 0 atom stereocenters. The number of carbonyl (C=O) groups excluding carboxylic acids is 2. The lowest BCUT2D eigenvalue weighted by atomic mass is 10.2. The fraction of sp³-hybridized carbons (Fsp3) is 0.0909. The van der Waals surface area contributed by atoms with Gasteiger partial charge in [0, 0.05) is 10.7 Å². The summed E-state index contributed by atoms with van der Waals surface area (Å²) in [6.07, 6.45) is 0. The summed E-state index contributed by atoms with van der Waals surface area (Å²) in [5.74, 6) is -0.654. The first-order valence-electron chi connectivity index (χ1n) is 8.80. The Morgan fingerprint density at radius 1 is 0.966 bits per heavy atom. The summed E-state index contributed by atoms with van der Waals surface area (Å²) >= 11 is 5.82. The largest absolute Gasteiger partial charge is 0.482 e. The summed E-state index contributed by atoms with van der Waals surface area (Å²) in [6, 6.07) is 20.6. The van der Waals surface area contributed by atoms with Crippen molar-refractivity contribution in [2.75, 3.05) is 17.7 Å². The summed E-state index contributed by atoms with van der Waals surface area (Å²) in [4.78, 5) is 24.3. The number of nitrogens with one attached hydrogen (secondary N) is 1. The number of esters is 1. The minimum Gasteiger partial charge on any atom is -0.482 e. The van der Waals surface area contributed by atoms with Gasteiger partial charge < -0.3 is 20.5 Å². The third-order valence-corrected chi connectivity index (χ3v) is 4.20. The van der Waals surface area contributed by atoms with Crippen LogP contribution in [-0.2, 0) is 16.1 Å². The molecule has 1 amide bonds. The predicted octanol–water partition coefficient (Wildman–Crippen LogP) is 4.30. The maximum Gasteiger partial charge on any atom is 0.338 e. The van der Waals surface area contributed by atoms with Crippen molar-refractivity contribution >= 4 is 34.9 Å². The summed E-state index contributed by atoms with van der Waals surface area (Å²) in [5, 5.41) is 3.25. The van der Waals surface area contributed by atoms with Gasteiger partial charge >= 0.3 is 5.97 Å². The van der Waals surface area contributed by atoms with Crippen molar-refractivity contribution in [2.24, 2.45) is 0 Å². The van der Waals surface area contributed by atoms with E-state index in [2.05, 4.69) is 5.32 Å². The van der Waals surface area contributed by atoms with E-state index in [0.717, 1.165) is 5.56 Å². The van der Waals surface area contributed by atoms with E-state index < -0.39 is 5.97 Å². The zero-order valence-electron chi connectivity index (χ0n) is 15.4. The van der Waals surface area contributed by atoms with Crippen LogP contribution in [0.2, 0.25) is 5.02 Å². The highest BCUT2D eigenvalue weighted by molar-refractivity contribution is 6.30. The highest BCUT2D eigenvalue weighted by atomic mass is 35.5. The molecule has 3 N–H and O–H groups in total. The molecule has 0 bridgehead atoms. The van der Waals surface area contributed by atoms with Crippen LogP contribution in [0.1, 0.15) is 15.9 Å². The molecule has 0 aliphatic rings. The standard InChI is InChI=1S/C22H19ClN2O4/c23-17-7-9-18(10-8-17)25-21(26)14-28-20-12-16(6-11-19(20)24)22(27)29-13-15-4-2-1-3-5-15/h1-12H,13-14,24H2,(H,25,26). The van der Waals surface area contributed by atoms with Gasteiger partial charge in [0.25, 0.3) is 5.91 Å². The molecule has 7 heteroatoms. The van der Waals surface area contributed by atoms with E-state index in [4.69, 9.17) is 26.8 Å². The van der Waals surface area contributed by atoms with E-state index >= 15 is 0 Å². The van der Waals surface area contributed by atoms with Crippen LogP contribution < -0.4 is 15.8 Å². The summed E-state index contributed by atoms with van der Waals surface area (Å²) in [6.45, 7) is -0.112. The second-order valence-corrected chi connectivity index (χ2v) is 6.59. The first-order chi connectivity index (χ1) is 14.0. The van der Waals surface area contributed by atoms with Crippen molar-refractivity contribution in [3.63, 3.8) is 0 Å². The molecule has 0 unspecified atom stereocenters. The molecule has 148 valence electrons. The molecule has 6 nitrogen and oxygen atoms in total. The fourth-order valence-electron chi connectivity index (χ4n) is 2.47. The van der Waals surface area contributed by atoms with Crippen LogP contribution in [0, 0.1) is 0 Å². The number of hydrogen-bond acceptors (Lipinski definition) is 5. The van der Waals surface area contributed by atoms with Gasteiger partial charge in [-0.25, -0.2) is 4.79 Å². The number of carbonyl (C=O) groups is 2. The lowest BCUT2D eigenvalue weighted by Crippen LogP contribution is -2.20. The zero-order chi connectivity index (χ0) is 20.6. The van der Waals surface area contributed by atoms with Gasteiger partial charge in [-0.05, 0) is 48.0 Å². The third kappa shape index (κ3) is 5.99. The van der Waals surface area contributed by atoms with Gasteiger partial charge in [0.05, 0.1) is 11.3 Å². The molecule has 0 aliphatic carbocycles. The Labute approximate surface area is 173 Å². The van der Waals surface area contributed by atoms with Gasteiger partial charge in [-0.1, -0.05) is 41.9 Å². The van der Waals surface area contributed by atoms with E-state index in [1.54, 1.807) is 30.3 Å². The van der Waals surface area contributed by atoms with E-state index in [1.165, 1.54) is 12.1 Å². The van der Waals surface area contributed by atoms with Gasteiger partial charge in [0.15, 0.2) is 6.61 Å². The van der Waals surface area contributed by atoms with Crippen LogP contribution in [-0.4, -0.2) is 18.5 Å². The highest BCUT2D eigenvalue weighted by Crippen LogP contribution is 2.23. The number of benzene rings is 3. The van der Waals surface area contributed by atoms with Gasteiger partial charge in [0.1, 0.15) is 12.4 Å². The summed E-state index contributed by atoms with van der Waals surface area (Å²) in [7, 11) is 0. The van der Waals surface area contributed by atoms with E-state index in [1.807, 2.05) is 30.3 Å². The van der Waals surface area contributed by atoms with E-state index in [-0.39, 0.29) is 30.4 Å². The van der Waals surface area contributed by atoms with Crippen molar-refractivity contribution in [1.29, 1.82) is 0 Å². The molecular formula is C22H19ClN2O4. The molecule has 0 fully saturated rings. The Hall–Kier alpha value is -3.51. The van der Waals surface area contributed by atoms with E-state index in [0.29, 0.717) is 16.4 Å². The van der Waals surface area contributed by atoms with Gasteiger partial charge in [0.2, 0.25) is 0 Å². The van der Waals surface area contributed by atoms with Crippen molar-refractivity contribution < 1.29 is 19.1 Å². The van der Waals surface area contributed by atoms with E-state index in [9.17, 15) is 9.59 Å². The second-order valence-electron chi connectivity index (χ2n) is 6.16. The lowest BCUT2D eigenvalue weighted by molar-refractivity contribution is -0.118. The zero-order valence-corrected chi connectivity index (χ0v) is 16.2. The number of nitrogens with two attached hydrogens (primary N) is 1. The second kappa shape index (κ2) is 9.61. The van der Waals surface area contributed by atoms with Crippen molar-refractivity contribution in [3.05, 3.63) is 88.9 Å². The quantitative estimate of drug-likeness (QED) is 0.447. The average Bonchev–Trinajstić information content (AvgIpc) is 2.74. The molecule has 0 heterocycles. The SMILES string of the molecule is Nc1ccc(C(=O)OCc2ccccc2)cc1OCC(=O)Nc1ccc(Cl)cc1. The van der Waals surface area contributed by atoms with Crippen LogP contribution in [0.25, 0.3) is 0 Å². The summed E-state index contributed by atoms with van der Waals surface area (Å²) < 4.78 is 10.8. The van der Waals surface area contributed by atoms with Gasteiger partial charge in [-0.3, -0.25) is 4.79 Å². The van der Waals surface area contributed by atoms with Crippen LogP contribution in [0.15, 0.2) is 72.8 Å². The first kappa shape index (κ1) is 20.2. The molecule has 3 aromatic rings. The Morgan fingerprint density at radius 2 is 1.69 bits per heavy atom. The molecule has 3 aromatic carbocycles. The van der Waals surface area contributed by atoms with Crippen molar-refractivity contribution in [1.82, 2.24) is 0 Å². The Bertz CT molecular complexity index is 991. The van der Waals surface area contributed by atoms with Crippen molar-refractivity contribution in [2.45, 2.75) is 6.61 Å². The fourth-order valence-corrected chi connectivity index (χ4v) is 2.59. The third-order valence-electron chi connectivity index (χ3n) is 3.95. The number of hydrogen-bond donors (Lipinski definition) is 2. The number of ether oxygens (including phenoxy) is 2. The number of anilines is 2. The smallest absolute Gasteiger partial charge is 0.338 e. The maximum atomic E-state index is 12.3. The van der Waals surface area contributed by atoms with Crippen LogP contribution in [0.5, 0.6) is 5.75 Å². The maximum absolute atomic E-state index is 12.3. The molecule has 0 aliphatic heterocycles. The molecule has 0 spiro atoms. The minimum absolute atomic E-state index is 0.156. The lowest BCUT2D eigenvalue weighted by Gasteiger charge is -2.11. The predicted molar refractivity (Wildman–Crippen MR) is 112 cm³/mol. The summed E-state index contributed by atoms with van der Waals surface area (Å²) in [5.41, 5.74) is 7.95. The van der Waals surface area contributed by atoms with Crippen LogP contribution in [0.4, 0.5) is 11.4 Å². The average molecular weight is 411 g/mol. The molecule has 3 rings (SSSR count).